The summed E-state index contributed by atoms with van der Waals surface area (Å²) in [4.78, 5) is 35.3. The van der Waals surface area contributed by atoms with Gasteiger partial charge in [-0.3, -0.25) is 19.7 Å². The Bertz CT molecular complexity index is 1020. The lowest BCUT2D eigenvalue weighted by Crippen LogP contribution is -2.32. The fraction of sp³-hybridized carbons (Fsp3) is 0.222. The molecule has 0 atom stereocenters. The first-order valence-electron chi connectivity index (χ1n) is 8.43. The molecule has 0 spiro atoms. The van der Waals surface area contributed by atoms with Crippen molar-refractivity contribution in [3.63, 3.8) is 0 Å². The molecule has 2 aromatic rings. The normalized spacial score (nSPS) is 12.8. The summed E-state index contributed by atoms with van der Waals surface area (Å²) in [5, 5.41) is 26.6. The Morgan fingerprint density at radius 3 is 2.82 bits per heavy atom. The van der Waals surface area contributed by atoms with Gasteiger partial charge in [-0.15, -0.1) is 11.3 Å². The van der Waals surface area contributed by atoms with Crippen LogP contribution in [0.4, 0.5) is 10.7 Å². The molecule has 1 aliphatic carbocycles. The largest absolute Gasteiger partial charge is 0.329 e. The molecule has 2 amide bonds. The number of carbonyl (C=O) groups is 2. The minimum absolute atomic E-state index is 0.112. The second-order valence-corrected chi connectivity index (χ2v) is 7.14. The lowest BCUT2D eigenvalue weighted by atomic mass is 9.96. The zero-order chi connectivity index (χ0) is 20.1. The van der Waals surface area contributed by atoms with E-state index in [0.717, 1.165) is 36.1 Å². The van der Waals surface area contributed by atoms with E-state index in [1.54, 1.807) is 6.07 Å². The molecule has 3 rings (SSSR count). The van der Waals surface area contributed by atoms with Crippen LogP contribution in [0.25, 0.3) is 0 Å². The fourth-order valence-electron chi connectivity index (χ4n) is 2.87. The lowest BCUT2D eigenvalue weighted by Gasteiger charge is -2.09. The molecule has 0 saturated heterocycles. The van der Waals surface area contributed by atoms with Crippen molar-refractivity contribution in [3.05, 3.63) is 55.9 Å². The molecular formula is C18H15N5O4S. The third-order valence-corrected chi connectivity index (χ3v) is 5.38. The van der Waals surface area contributed by atoms with Gasteiger partial charge in [-0.2, -0.15) is 10.4 Å². The van der Waals surface area contributed by atoms with Gasteiger partial charge in [0.1, 0.15) is 11.1 Å². The summed E-state index contributed by atoms with van der Waals surface area (Å²) in [5.74, 6) is -1.94. The minimum atomic E-state index is -1.00. The van der Waals surface area contributed by atoms with Crippen molar-refractivity contribution in [2.45, 2.75) is 25.7 Å². The van der Waals surface area contributed by atoms with E-state index in [1.165, 1.54) is 35.8 Å². The van der Waals surface area contributed by atoms with Crippen LogP contribution in [0, 0.1) is 21.4 Å². The Kier molecular flexibility index (Phi) is 5.76. The van der Waals surface area contributed by atoms with Gasteiger partial charge in [0.2, 0.25) is 0 Å². The number of hydrogen-bond donors (Lipinski definition) is 2. The molecule has 0 radical (unpaired) electrons. The molecule has 0 saturated carbocycles. The third-order valence-electron chi connectivity index (χ3n) is 4.18. The summed E-state index contributed by atoms with van der Waals surface area (Å²) in [5.41, 5.74) is 3.73. The number of nitrogens with zero attached hydrogens (tertiary/aromatic N) is 3. The monoisotopic (exact) mass is 397 g/mol. The summed E-state index contributed by atoms with van der Waals surface area (Å²) >= 11 is 1.32. The van der Waals surface area contributed by atoms with E-state index in [0.29, 0.717) is 16.1 Å². The van der Waals surface area contributed by atoms with Gasteiger partial charge in [0, 0.05) is 22.6 Å². The highest BCUT2D eigenvalue weighted by atomic mass is 32.1. The maximum Gasteiger partial charge on any atom is 0.329 e. The SMILES string of the molecule is N#Cc1c(NC(=O)C(=O)N/N=C/c2cccc([N+](=O)[O-])c2)sc2c1CCCC2. The molecule has 0 aliphatic heterocycles. The van der Waals surface area contributed by atoms with Crippen LogP contribution in [-0.4, -0.2) is 23.0 Å². The van der Waals surface area contributed by atoms with E-state index in [1.807, 2.05) is 0 Å². The average molecular weight is 397 g/mol. The number of non-ortho nitro benzene ring substituents is 1. The van der Waals surface area contributed by atoms with Gasteiger partial charge in [-0.1, -0.05) is 12.1 Å². The summed E-state index contributed by atoms with van der Waals surface area (Å²) in [6, 6.07) is 7.77. The number of hydrogen-bond acceptors (Lipinski definition) is 7. The number of carbonyl (C=O) groups excluding carboxylic acids is 2. The second-order valence-electron chi connectivity index (χ2n) is 6.03. The van der Waals surface area contributed by atoms with E-state index in [9.17, 15) is 25.0 Å². The summed E-state index contributed by atoms with van der Waals surface area (Å²) in [7, 11) is 0. The van der Waals surface area contributed by atoms with E-state index in [2.05, 4.69) is 21.9 Å². The number of amides is 2. The number of thiophene rings is 1. The highest BCUT2D eigenvalue weighted by Crippen LogP contribution is 2.37. The van der Waals surface area contributed by atoms with Crippen molar-refractivity contribution in [2.75, 3.05) is 5.32 Å². The summed E-state index contributed by atoms with van der Waals surface area (Å²) < 4.78 is 0. The number of aryl methyl sites for hydroxylation is 1. The number of nitro benzene ring substituents is 1. The van der Waals surface area contributed by atoms with Crippen molar-refractivity contribution in [1.82, 2.24) is 5.43 Å². The maximum atomic E-state index is 12.1. The van der Waals surface area contributed by atoms with Crippen LogP contribution in [0.1, 0.15) is 34.4 Å². The van der Waals surface area contributed by atoms with Gasteiger partial charge in [-0.05, 0) is 31.2 Å². The Balaban J connectivity index is 1.63. The van der Waals surface area contributed by atoms with Crippen molar-refractivity contribution < 1.29 is 14.5 Å². The number of rotatable bonds is 4. The highest BCUT2D eigenvalue weighted by Gasteiger charge is 2.23. The second kappa shape index (κ2) is 8.41. The number of fused-ring (bicyclic) bond motifs is 1. The number of nitrogens with one attached hydrogen (secondary N) is 2. The maximum absolute atomic E-state index is 12.1. The first-order chi connectivity index (χ1) is 13.5. The predicted molar refractivity (Wildman–Crippen MR) is 103 cm³/mol. The van der Waals surface area contributed by atoms with Crippen molar-refractivity contribution in [1.29, 1.82) is 5.26 Å². The smallest absolute Gasteiger partial charge is 0.308 e. The highest BCUT2D eigenvalue weighted by molar-refractivity contribution is 7.16. The first-order valence-corrected chi connectivity index (χ1v) is 9.24. The number of benzene rings is 1. The molecule has 0 bridgehead atoms. The molecule has 1 heterocycles. The number of hydrazone groups is 1. The Morgan fingerprint density at radius 1 is 1.29 bits per heavy atom. The van der Waals surface area contributed by atoms with E-state index in [-0.39, 0.29) is 5.69 Å². The standard InChI is InChI=1S/C18H15N5O4S/c19-9-14-13-6-1-2-7-15(13)28-18(14)21-16(24)17(25)22-20-10-11-4-3-5-12(8-11)23(26)27/h3-5,8,10H,1-2,6-7H2,(H,21,24)(H,22,25)/b20-10+. The molecule has 0 fully saturated rings. The Morgan fingerprint density at radius 2 is 2.07 bits per heavy atom. The van der Waals surface area contributed by atoms with Gasteiger partial charge < -0.3 is 5.32 Å². The van der Waals surface area contributed by atoms with Crippen LogP contribution in [0.2, 0.25) is 0 Å². The van der Waals surface area contributed by atoms with Gasteiger partial charge in [0.25, 0.3) is 5.69 Å². The summed E-state index contributed by atoms with van der Waals surface area (Å²) in [6.07, 6.45) is 4.90. The van der Waals surface area contributed by atoms with Gasteiger partial charge in [0.05, 0.1) is 16.7 Å². The number of anilines is 1. The minimum Gasteiger partial charge on any atom is -0.308 e. The quantitative estimate of drug-likeness (QED) is 0.353. The predicted octanol–water partition coefficient (Wildman–Crippen LogP) is 2.50. The third kappa shape index (κ3) is 4.21. The van der Waals surface area contributed by atoms with E-state index < -0.39 is 16.7 Å². The van der Waals surface area contributed by atoms with Crippen LogP contribution in [0.3, 0.4) is 0 Å². The molecular weight excluding hydrogens is 382 g/mol. The van der Waals surface area contributed by atoms with Gasteiger partial charge >= 0.3 is 11.8 Å². The van der Waals surface area contributed by atoms with Crippen molar-refractivity contribution >= 4 is 40.1 Å². The molecule has 1 aromatic carbocycles. The average Bonchev–Trinajstić information content (AvgIpc) is 3.04. The molecule has 1 aromatic heterocycles. The Labute approximate surface area is 163 Å². The lowest BCUT2D eigenvalue weighted by molar-refractivity contribution is -0.384. The van der Waals surface area contributed by atoms with Crippen LogP contribution in [0.5, 0.6) is 0 Å². The van der Waals surface area contributed by atoms with Crippen molar-refractivity contribution in [2.24, 2.45) is 5.10 Å². The number of nitro groups is 1. The zero-order valence-electron chi connectivity index (χ0n) is 14.6. The van der Waals surface area contributed by atoms with Crippen LogP contribution < -0.4 is 10.7 Å². The van der Waals surface area contributed by atoms with Crippen LogP contribution in [0.15, 0.2) is 29.4 Å². The molecule has 0 unspecified atom stereocenters. The zero-order valence-corrected chi connectivity index (χ0v) is 15.4. The van der Waals surface area contributed by atoms with Gasteiger partial charge in [0.15, 0.2) is 0 Å². The van der Waals surface area contributed by atoms with E-state index >= 15 is 0 Å². The molecule has 9 nitrogen and oxygen atoms in total. The van der Waals surface area contributed by atoms with Crippen LogP contribution >= 0.6 is 11.3 Å². The number of nitriles is 1. The molecule has 28 heavy (non-hydrogen) atoms. The summed E-state index contributed by atoms with van der Waals surface area (Å²) in [6.45, 7) is 0. The first kappa shape index (κ1) is 19.2. The molecule has 2 N–H and O–H groups in total. The molecule has 10 heteroatoms. The van der Waals surface area contributed by atoms with Crippen LogP contribution in [-0.2, 0) is 22.4 Å². The molecule has 142 valence electrons. The van der Waals surface area contributed by atoms with Crippen molar-refractivity contribution in [3.8, 4) is 6.07 Å². The Hall–Kier alpha value is -3.58. The van der Waals surface area contributed by atoms with E-state index in [4.69, 9.17) is 0 Å². The molecule has 1 aliphatic rings. The topological polar surface area (TPSA) is 137 Å². The van der Waals surface area contributed by atoms with Gasteiger partial charge in [-0.25, -0.2) is 5.43 Å². The fourth-order valence-corrected chi connectivity index (χ4v) is 4.10.